The highest BCUT2D eigenvalue weighted by Gasteiger charge is 2.47. The maximum absolute atomic E-state index is 13.8. The molecular weight excluding hydrogens is 407 g/mol. The number of hydrogen-bond acceptors (Lipinski definition) is 4. The Morgan fingerprint density at radius 1 is 1.23 bits per heavy atom. The first-order valence-corrected chi connectivity index (χ1v) is 10.6. The molecule has 0 bridgehead atoms. The molecule has 0 fully saturated rings. The van der Waals surface area contributed by atoms with Crippen LogP contribution in [0.1, 0.15) is 62.1 Å². The number of anilines is 1. The second kappa shape index (κ2) is 9.30. The lowest BCUT2D eigenvalue weighted by atomic mass is 9.96. The van der Waals surface area contributed by atoms with Crippen LogP contribution in [0.5, 0.6) is 0 Å². The van der Waals surface area contributed by atoms with Gasteiger partial charge >= 0.3 is 6.18 Å². The van der Waals surface area contributed by atoms with Gasteiger partial charge in [0.05, 0.1) is 12.2 Å². The van der Waals surface area contributed by atoms with Gasteiger partial charge in [-0.1, -0.05) is 30.3 Å². The van der Waals surface area contributed by atoms with Crippen LogP contribution in [0.3, 0.4) is 0 Å². The average molecular weight is 438 g/mol. The average Bonchev–Trinajstić information content (AvgIpc) is 3.13. The number of carbonyl (C=O) groups is 1. The normalized spacial score (nSPS) is 18.9. The summed E-state index contributed by atoms with van der Waals surface area (Å²) in [6.07, 6.45) is -3.45. The van der Waals surface area contributed by atoms with Gasteiger partial charge in [0.2, 0.25) is 0 Å². The summed E-state index contributed by atoms with van der Waals surface area (Å²) in [5.74, 6) is -0.333. The fraction of sp³-hybridized carbons (Fsp3) is 0.545. The number of amides is 1. The van der Waals surface area contributed by atoms with Crippen LogP contribution < -0.4 is 10.6 Å². The number of hydrogen-bond donors (Lipinski definition) is 2. The maximum atomic E-state index is 13.8. The molecule has 1 aliphatic heterocycles. The molecule has 170 valence electrons. The molecule has 2 N–H and O–H groups in total. The zero-order valence-electron chi connectivity index (χ0n) is 18.3. The number of benzene rings is 1. The van der Waals surface area contributed by atoms with E-state index in [9.17, 15) is 18.0 Å². The van der Waals surface area contributed by atoms with Gasteiger partial charge in [-0.05, 0) is 33.3 Å². The second-order valence-corrected chi connectivity index (χ2v) is 8.43. The van der Waals surface area contributed by atoms with Crippen LogP contribution in [0.2, 0.25) is 0 Å². The van der Waals surface area contributed by atoms with E-state index in [0.29, 0.717) is 25.2 Å². The first kappa shape index (κ1) is 23.1. The van der Waals surface area contributed by atoms with Gasteiger partial charge in [0.1, 0.15) is 11.4 Å². The lowest BCUT2D eigenvalue weighted by Gasteiger charge is -2.34. The summed E-state index contributed by atoms with van der Waals surface area (Å²) in [5, 5.41) is 9.85. The van der Waals surface area contributed by atoms with Crippen LogP contribution in [0.4, 0.5) is 19.0 Å². The van der Waals surface area contributed by atoms with Crippen molar-refractivity contribution in [3.8, 4) is 0 Å². The fourth-order valence-electron chi connectivity index (χ4n) is 4.14. The molecule has 9 heteroatoms. The van der Waals surface area contributed by atoms with Gasteiger partial charge in [-0.3, -0.25) is 9.69 Å². The van der Waals surface area contributed by atoms with Crippen LogP contribution in [0.15, 0.2) is 36.5 Å². The number of nitrogens with zero attached hydrogens (tertiary/aromatic N) is 3. The van der Waals surface area contributed by atoms with E-state index in [2.05, 4.69) is 48.3 Å². The molecular formula is C22H30F3N5O. The van der Waals surface area contributed by atoms with Crippen molar-refractivity contribution in [3.63, 3.8) is 0 Å². The number of halogens is 3. The molecule has 6 nitrogen and oxygen atoms in total. The summed E-state index contributed by atoms with van der Waals surface area (Å²) in [6.45, 7) is 9.38. The molecule has 0 saturated carbocycles. The summed E-state index contributed by atoms with van der Waals surface area (Å²) in [4.78, 5) is 15.0. The molecule has 1 amide bonds. The summed E-state index contributed by atoms with van der Waals surface area (Å²) >= 11 is 0. The Morgan fingerprint density at radius 2 is 1.87 bits per heavy atom. The largest absolute Gasteiger partial charge is 0.410 e. The van der Waals surface area contributed by atoms with Crippen LogP contribution in [0, 0.1) is 0 Å². The molecule has 3 rings (SSSR count). The van der Waals surface area contributed by atoms with Crippen molar-refractivity contribution in [2.24, 2.45) is 0 Å². The molecule has 2 unspecified atom stereocenters. The van der Waals surface area contributed by atoms with Crippen molar-refractivity contribution in [1.82, 2.24) is 20.0 Å². The Balaban J connectivity index is 1.80. The summed E-state index contributed by atoms with van der Waals surface area (Å²) in [6, 6.07) is 7.22. The zero-order chi connectivity index (χ0) is 22.8. The molecule has 0 spiro atoms. The highest BCUT2D eigenvalue weighted by molar-refractivity contribution is 5.98. The van der Waals surface area contributed by atoms with Crippen LogP contribution >= 0.6 is 0 Å². The minimum Gasteiger partial charge on any atom is -0.363 e. The first-order chi connectivity index (χ1) is 14.6. The van der Waals surface area contributed by atoms with Gasteiger partial charge in [0, 0.05) is 31.6 Å². The Bertz CT molecular complexity index is 871. The molecule has 1 aliphatic rings. The predicted octanol–water partition coefficient (Wildman–Crippen LogP) is 4.39. The highest BCUT2D eigenvalue weighted by atomic mass is 19.4. The van der Waals surface area contributed by atoms with Crippen molar-refractivity contribution in [2.75, 3.05) is 18.4 Å². The quantitative estimate of drug-likeness (QED) is 0.674. The van der Waals surface area contributed by atoms with E-state index in [1.807, 2.05) is 6.07 Å². The van der Waals surface area contributed by atoms with Gasteiger partial charge in [-0.2, -0.15) is 18.3 Å². The minimum atomic E-state index is -4.47. The second-order valence-electron chi connectivity index (χ2n) is 8.43. The van der Waals surface area contributed by atoms with E-state index in [1.54, 1.807) is 24.3 Å². The number of nitrogens with one attached hydrogen (secondary N) is 2. The minimum absolute atomic E-state index is 0.101. The smallest absolute Gasteiger partial charge is 0.363 e. The number of carbonyl (C=O) groups excluding carboxylic acids is 1. The predicted molar refractivity (Wildman–Crippen MR) is 114 cm³/mol. The first-order valence-electron chi connectivity index (χ1n) is 10.6. The summed E-state index contributed by atoms with van der Waals surface area (Å²) in [5.41, 5.74) is 0.857. The Hall–Kier alpha value is -2.55. The third-order valence-corrected chi connectivity index (χ3v) is 5.67. The lowest BCUT2D eigenvalue weighted by molar-refractivity contribution is -0.173. The zero-order valence-corrected chi connectivity index (χ0v) is 18.3. The van der Waals surface area contributed by atoms with Crippen molar-refractivity contribution in [3.05, 3.63) is 47.7 Å². The van der Waals surface area contributed by atoms with Crippen molar-refractivity contribution in [2.45, 2.75) is 64.5 Å². The van der Waals surface area contributed by atoms with Gasteiger partial charge < -0.3 is 10.6 Å². The number of rotatable bonds is 7. The fourth-order valence-corrected chi connectivity index (χ4v) is 4.14. The van der Waals surface area contributed by atoms with Gasteiger partial charge in [-0.25, -0.2) is 4.68 Å². The van der Waals surface area contributed by atoms with Crippen LogP contribution in [0.25, 0.3) is 0 Å². The maximum Gasteiger partial charge on any atom is 0.410 e. The topological polar surface area (TPSA) is 62.2 Å². The summed E-state index contributed by atoms with van der Waals surface area (Å²) < 4.78 is 42.2. The number of fused-ring (bicyclic) bond motifs is 1. The standard InChI is InChI=1S/C22H30F3N5O/c1-14(2)29(15(3)4)11-10-26-21(31)17-13-27-30-19(22(23,24)25)12-18(28-20(17)30)16-8-6-5-7-9-16/h5-9,13-15,18-19,28H,10-12H2,1-4H3,(H,26,31). The third-order valence-electron chi connectivity index (χ3n) is 5.67. The molecule has 2 atom stereocenters. The van der Waals surface area contributed by atoms with Crippen molar-refractivity contribution < 1.29 is 18.0 Å². The van der Waals surface area contributed by atoms with Crippen molar-refractivity contribution in [1.29, 1.82) is 0 Å². The van der Waals surface area contributed by atoms with Gasteiger partial charge in [-0.15, -0.1) is 0 Å². The Labute approximate surface area is 180 Å². The van der Waals surface area contributed by atoms with E-state index in [-0.39, 0.29) is 17.8 Å². The third kappa shape index (κ3) is 5.20. The SMILES string of the molecule is CC(C)N(CCNC(=O)c1cnn2c1NC(c1ccccc1)CC2C(F)(F)F)C(C)C. The Morgan fingerprint density at radius 3 is 2.45 bits per heavy atom. The molecule has 31 heavy (non-hydrogen) atoms. The molecule has 1 aromatic heterocycles. The molecule has 1 aromatic carbocycles. The molecule has 2 aromatic rings. The van der Waals surface area contributed by atoms with E-state index < -0.39 is 24.2 Å². The van der Waals surface area contributed by atoms with E-state index in [4.69, 9.17) is 0 Å². The highest BCUT2D eigenvalue weighted by Crippen LogP contribution is 2.44. The molecule has 0 aliphatic carbocycles. The molecule has 0 saturated heterocycles. The van der Waals surface area contributed by atoms with Crippen LogP contribution in [-0.4, -0.2) is 51.9 Å². The molecule has 0 radical (unpaired) electrons. The molecule has 2 heterocycles. The number of alkyl halides is 3. The van der Waals surface area contributed by atoms with Crippen LogP contribution in [-0.2, 0) is 0 Å². The van der Waals surface area contributed by atoms with E-state index in [0.717, 1.165) is 10.2 Å². The van der Waals surface area contributed by atoms with Crippen molar-refractivity contribution >= 4 is 11.7 Å². The van der Waals surface area contributed by atoms with E-state index in [1.165, 1.54) is 6.20 Å². The van der Waals surface area contributed by atoms with E-state index >= 15 is 0 Å². The number of aromatic nitrogens is 2. The lowest BCUT2D eigenvalue weighted by Crippen LogP contribution is -2.42. The van der Waals surface area contributed by atoms with Gasteiger partial charge in [0.15, 0.2) is 6.04 Å². The van der Waals surface area contributed by atoms with Gasteiger partial charge in [0.25, 0.3) is 5.91 Å². The Kier molecular flexibility index (Phi) is 6.93. The monoisotopic (exact) mass is 437 g/mol. The summed E-state index contributed by atoms with van der Waals surface area (Å²) in [7, 11) is 0.